The second-order valence-electron chi connectivity index (χ2n) is 4.16. The Morgan fingerprint density at radius 1 is 1.06 bits per heavy atom. The fourth-order valence-electron chi connectivity index (χ4n) is 1.78. The number of benzene rings is 2. The first-order valence-corrected chi connectivity index (χ1v) is 5.59. The second-order valence-corrected chi connectivity index (χ2v) is 4.16. The third-order valence-corrected chi connectivity index (χ3v) is 2.63. The molecule has 0 amide bonds. The molecule has 18 heavy (non-hydrogen) atoms. The van der Waals surface area contributed by atoms with E-state index in [1.165, 1.54) is 18.2 Å². The third-order valence-electron chi connectivity index (χ3n) is 2.63. The molecule has 0 heterocycles. The van der Waals surface area contributed by atoms with Crippen LogP contribution in [0.5, 0.6) is 11.5 Å². The number of hydrogen-bond donors (Lipinski definition) is 3. The predicted molar refractivity (Wildman–Crippen MR) is 68.2 cm³/mol. The van der Waals surface area contributed by atoms with Crippen LogP contribution >= 0.6 is 0 Å². The SMILES string of the molecule is CC(Nc1cccc(F)c1)c1cc(O)cc(O)c1. The number of hydrogen-bond acceptors (Lipinski definition) is 3. The zero-order valence-corrected chi connectivity index (χ0v) is 9.89. The molecule has 0 aliphatic heterocycles. The number of phenolic OH excluding ortho intramolecular Hbond substituents is 2. The van der Waals surface area contributed by atoms with E-state index in [4.69, 9.17) is 0 Å². The van der Waals surface area contributed by atoms with E-state index < -0.39 is 0 Å². The molecule has 0 fully saturated rings. The fraction of sp³-hybridized carbons (Fsp3) is 0.143. The minimum atomic E-state index is -0.314. The first-order valence-electron chi connectivity index (χ1n) is 5.59. The van der Waals surface area contributed by atoms with Crippen molar-refractivity contribution < 1.29 is 14.6 Å². The maximum atomic E-state index is 13.0. The summed E-state index contributed by atoms with van der Waals surface area (Å²) in [7, 11) is 0. The molecule has 2 rings (SSSR count). The summed E-state index contributed by atoms with van der Waals surface area (Å²) in [4.78, 5) is 0. The van der Waals surface area contributed by atoms with E-state index in [1.807, 2.05) is 6.92 Å². The third kappa shape index (κ3) is 2.91. The lowest BCUT2D eigenvalue weighted by atomic mass is 10.1. The van der Waals surface area contributed by atoms with E-state index in [0.717, 1.165) is 5.56 Å². The number of anilines is 1. The van der Waals surface area contributed by atoms with Crippen LogP contribution in [-0.4, -0.2) is 10.2 Å². The van der Waals surface area contributed by atoms with Gasteiger partial charge in [0.1, 0.15) is 17.3 Å². The largest absolute Gasteiger partial charge is 0.508 e. The molecule has 0 aliphatic rings. The molecule has 0 aromatic heterocycles. The fourth-order valence-corrected chi connectivity index (χ4v) is 1.78. The first-order chi connectivity index (χ1) is 8.54. The summed E-state index contributed by atoms with van der Waals surface area (Å²) >= 11 is 0. The quantitative estimate of drug-likeness (QED) is 0.779. The summed E-state index contributed by atoms with van der Waals surface area (Å²) in [6, 6.07) is 10.3. The molecule has 0 saturated heterocycles. The highest BCUT2D eigenvalue weighted by atomic mass is 19.1. The normalized spacial score (nSPS) is 12.1. The smallest absolute Gasteiger partial charge is 0.125 e. The number of halogens is 1. The highest BCUT2D eigenvalue weighted by Crippen LogP contribution is 2.27. The van der Waals surface area contributed by atoms with Gasteiger partial charge in [0.25, 0.3) is 0 Å². The van der Waals surface area contributed by atoms with Crippen LogP contribution in [0.1, 0.15) is 18.5 Å². The summed E-state index contributed by atoms with van der Waals surface area (Å²) < 4.78 is 13.0. The lowest BCUT2D eigenvalue weighted by Gasteiger charge is -2.16. The zero-order chi connectivity index (χ0) is 13.1. The monoisotopic (exact) mass is 247 g/mol. The Morgan fingerprint density at radius 2 is 1.72 bits per heavy atom. The van der Waals surface area contributed by atoms with Gasteiger partial charge in [0.05, 0.1) is 0 Å². The molecule has 1 unspecified atom stereocenters. The maximum Gasteiger partial charge on any atom is 0.125 e. The summed E-state index contributed by atoms with van der Waals surface area (Å²) in [5.41, 5.74) is 1.36. The van der Waals surface area contributed by atoms with Crippen LogP contribution < -0.4 is 5.32 Å². The summed E-state index contributed by atoms with van der Waals surface area (Å²) in [6.07, 6.45) is 0. The number of phenols is 2. The molecule has 94 valence electrons. The number of aromatic hydroxyl groups is 2. The summed E-state index contributed by atoms with van der Waals surface area (Å²) in [5, 5.41) is 21.9. The van der Waals surface area contributed by atoms with Gasteiger partial charge in [-0.05, 0) is 42.8 Å². The first kappa shape index (κ1) is 12.2. The van der Waals surface area contributed by atoms with Gasteiger partial charge < -0.3 is 15.5 Å². The molecule has 3 nitrogen and oxygen atoms in total. The number of nitrogens with one attached hydrogen (secondary N) is 1. The Bertz CT molecular complexity index is 537. The molecule has 0 saturated carbocycles. The summed E-state index contributed by atoms with van der Waals surface area (Å²) in [5.74, 6) is -0.318. The van der Waals surface area contributed by atoms with Crippen LogP contribution in [0.15, 0.2) is 42.5 Å². The van der Waals surface area contributed by atoms with Crippen molar-refractivity contribution in [3.63, 3.8) is 0 Å². The molecule has 1 atom stereocenters. The Labute approximate surface area is 105 Å². The van der Waals surface area contributed by atoms with Crippen LogP contribution in [0.2, 0.25) is 0 Å². The van der Waals surface area contributed by atoms with Crippen molar-refractivity contribution in [2.75, 3.05) is 5.32 Å². The molecule has 0 radical (unpaired) electrons. The molecule has 2 aromatic rings. The van der Waals surface area contributed by atoms with E-state index in [2.05, 4.69) is 5.32 Å². The molecular formula is C14H14FNO2. The highest BCUT2D eigenvalue weighted by molar-refractivity contribution is 5.47. The molecule has 3 N–H and O–H groups in total. The lowest BCUT2D eigenvalue weighted by Crippen LogP contribution is -2.06. The van der Waals surface area contributed by atoms with Gasteiger partial charge in [-0.25, -0.2) is 4.39 Å². The Kier molecular flexibility index (Phi) is 3.37. The van der Waals surface area contributed by atoms with Crippen molar-refractivity contribution in [1.82, 2.24) is 0 Å². The van der Waals surface area contributed by atoms with Crippen LogP contribution in [0, 0.1) is 5.82 Å². The molecular weight excluding hydrogens is 233 g/mol. The Hall–Kier alpha value is -2.23. The van der Waals surface area contributed by atoms with Crippen molar-refractivity contribution in [3.8, 4) is 11.5 Å². The minimum Gasteiger partial charge on any atom is -0.508 e. The van der Waals surface area contributed by atoms with Crippen LogP contribution in [0.25, 0.3) is 0 Å². The topological polar surface area (TPSA) is 52.5 Å². The van der Waals surface area contributed by atoms with Gasteiger partial charge in [-0.1, -0.05) is 6.07 Å². The van der Waals surface area contributed by atoms with Gasteiger partial charge >= 0.3 is 0 Å². The van der Waals surface area contributed by atoms with Crippen molar-refractivity contribution in [2.24, 2.45) is 0 Å². The molecule has 4 heteroatoms. The standard InChI is InChI=1S/C14H14FNO2/c1-9(10-5-13(17)8-14(18)6-10)16-12-4-2-3-11(15)7-12/h2-9,16-18H,1H3. The average Bonchev–Trinajstić information content (AvgIpc) is 2.27. The minimum absolute atomic E-state index is 0.00195. The van der Waals surface area contributed by atoms with Gasteiger partial charge in [-0.3, -0.25) is 0 Å². The maximum absolute atomic E-state index is 13.0. The lowest BCUT2D eigenvalue weighted by molar-refractivity contribution is 0.448. The molecule has 0 aliphatic carbocycles. The average molecular weight is 247 g/mol. The van der Waals surface area contributed by atoms with Crippen LogP contribution in [-0.2, 0) is 0 Å². The number of rotatable bonds is 3. The van der Waals surface area contributed by atoms with E-state index in [0.29, 0.717) is 5.69 Å². The van der Waals surface area contributed by atoms with Crippen molar-refractivity contribution in [2.45, 2.75) is 13.0 Å². The van der Waals surface area contributed by atoms with E-state index in [-0.39, 0.29) is 23.4 Å². The second kappa shape index (κ2) is 4.96. The highest BCUT2D eigenvalue weighted by Gasteiger charge is 2.08. The Balaban J connectivity index is 2.19. The van der Waals surface area contributed by atoms with Crippen LogP contribution in [0.3, 0.4) is 0 Å². The van der Waals surface area contributed by atoms with Crippen molar-refractivity contribution >= 4 is 5.69 Å². The van der Waals surface area contributed by atoms with Gasteiger partial charge in [0, 0.05) is 17.8 Å². The van der Waals surface area contributed by atoms with E-state index in [9.17, 15) is 14.6 Å². The van der Waals surface area contributed by atoms with Gasteiger partial charge in [-0.2, -0.15) is 0 Å². The van der Waals surface area contributed by atoms with E-state index >= 15 is 0 Å². The van der Waals surface area contributed by atoms with Crippen LogP contribution in [0.4, 0.5) is 10.1 Å². The Morgan fingerprint density at radius 3 is 2.33 bits per heavy atom. The van der Waals surface area contributed by atoms with Crippen molar-refractivity contribution in [3.05, 3.63) is 53.8 Å². The van der Waals surface area contributed by atoms with Gasteiger partial charge in [-0.15, -0.1) is 0 Å². The zero-order valence-electron chi connectivity index (χ0n) is 9.89. The van der Waals surface area contributed by atoms with Gasteiger partial charge in [0.15, 0.2) is 0 Å². The van der Waals surface area contributed by atoms with E-state index in [1.54, 1.807) is 24.3 Å². The molecule has 0 spiro atoms. The molecule has 0 bridgehead atoms. The van der Waals surface area contributed by atoms with Crippen molar-refractivity contribution in [1.29, 1.82) is 0 Å². The van der Waals surface area contributed by atoms with Gasteiger partial charge in [0.2, 0.25) is 0 Å². The summed E-state index contributed by atoms with van der Waals surface area (Å²) in [6.45, 7) is 1.86. The predicted octanol–water partition coefficient (Wildman–Crippen LogP) is 3.41. The molecule has 2 aromatic carbocycles.